The molecule has 1 aliphatic rings. The van der Waals surface area contributed by atoms with Crippen LogP contribution < -0.4 is 5.32 Å². The Morgan fingerprint density at radius 3 is 3.00 bits per heavy atom. The number of thioether (sulfide) groups is 1. The third kappa shape index (κ3) is 3.69. The molecule has 3 nitrogen and oxygen atoms in total. The third-order valence-corrected chi connectivity index (χ3v) is 5.45. The van der Waals surface area contributed by atoms with Crippen LogP contribution in [-0.2, 0) is 0 Å². The molecule has 19 heavy (non-hydrogen) atoms. The molecule has 1 saturated carbocycles. The summed E-state index contributed by atoms with van der Waals surface area (Å²) in [5.41, 5.74) is 1.09. The second kappa shape index (κ2) is 6.22. The van der Waals surface area contributed by atoms with Crippen molar-refractivity contribution >= 4 is 33.3 Å². The second-order valence-electron chi connectivity index (χ2n) is 4.91. The summed E-state index contributed by atoms with van der Waals surface area (Å²) in [7, 11) is 0. The molecule has 2 N–H and O–H groups in total. The van der Waals surface area contributed by atoms with Crippen molar-refractivity contribution < 1.29 is 5.11 Å². The van der Waals surface area contributed by atoms with Crippen LogP contribution in [0.5, 0.6) is 0 Å². The molecule has 2 aromatic rings. The Balaban J connectivity index is 1.50. The van der Waals surface area contributed by atoms with Crippen LogP contribution in [0.4, 0.5) is 0 Å². The third-order valence-electron chi connectivity index (χ3n) is 3.24. The van der Waals surface area contributed by atoms with Gasteiger partial charge in [-0.15, -0.1) is 11.3 Å². The van der Waals surface area contributed by atoms with Crippen LogP contribution in [-0.4, -0.2) is 34.5 Å². The standard InChI is InChI=1S/C14H18N2OS2/c17-9-11(15-10-5-6-10)7-8-18-14-16-12-3-1-2-4-13(12)19-14/h1-4,10-11,15,17H,5-9H2. The maximum absolute atomic E-state index is 9.33. The summed E-state index contributed by atoms with van der Waals surface area (Å²) < 4.78 is 2.38. The summed E-state index contributed by atoms with van der Waals surface area (Å²) >= 11 is 3.55. The van der Waals surface area contributed by atoms with Crippen molar-refractivity contribution in [3.63, 3.8) is 0 Å². The molecule has 1 aromatic heterocycles. The topological polar surface area (TPSA) is 45.2 Å². The van der Waals surface area contributed by atoms with Crippen LogP contribution in [0.15, 0.2) is 28.6 Å². The van der Waals surface area contributed by atoms with Gasteiger partial charge in [0.1, 0.15) is 0 Å². The number of aliphatic hydroxyl groups is 1. The number of thiazole rings is 1. The Morgan fingerprint density at radius 2 is 2.26 bits per heavy atom. The molecule has 0 spiro atoms. The number of nitrogens with zero attached hydrogens (tertiary/aromatic N) is 1. The maximum Gasteiger partial charge on any atom is 0.151 e. The Bertz CT molecular complexity index is 506. The highest BCUT2D eigenvalue weighted by Crippen LogP contribution is 2.30. The van der Waals surface area contributed by atoms with Crippen molar-refractivity contribution in [2.75, 3.05) is 12.4 Å². The van der Waals surface area contributed by atoms with E-state index in [2.05, 4.69) is 28.5 Å². The molecule has 1 unspecified atom stereocenters. The summed E-state index contributed by atoms with van der Waals surface area (Å²) in [6.45, 7) is 0.233. The second-order valence-corrected chi connectivity index (χ2v) is 7.28. The number of nitrogens with one attached hydrogen (secondary N) is 1. The minimum Gasteiger partial charge on any atom is -0.395 e. The van der Waals surface area contributed by atoms with Gasteiger partial charge in [-0.25, -0.2) is 4.98 Å². The van der Waals surface area contributed by atoms with Gasteiger partial charge in [-0.1, -0.05) is 23.9 Å². The Hall–Kier alpha value is -0.620. The molecule has 0 bridgehead atoms. The van der Waals surface area contributed by atoms with Gasteiger partial charge in [0.2, 0.25) is 0 Å². The van der Waals surface area contributed by atoms with E-state index < -0.39 is 0 Å². The molecule has 0 radical (unpaired) electrons. The monoisotopic (exact) mass is 294 g/mol. The summed E-state index contributed by atoms with van der Waals surface area (Å²) in [6, 6.07) is 9.15. The fourth-order valence-corrected chi connectivity index (χ4v) is 4.20. The van der Waals surface area contributed by atoms with Crippen molar-refractivity contribution in [2.45, 2.75) is 35.7 Å². The van der Waals surface area contributed by atoms with Crippen molar-refractivity contribution in [1.29, 1.82) is 0 Å². The van der Waals surface area contributed by atoms with Gasteiger partial charge in [-0.05, 0) is 31.4 Å². The number of hydrogen-bond donors (Lipinski definition) is 2. The molecule has 3 rings (SSSR count). The molecule has 0 aliphatic heterocycles. The predicted molar refractivity (Wildman–Crippen MR) is 82.0 cm³/mol. The van der Waals surface area contributed by atoms with E-state index in [0.29, 0.717) is 6.04 Å². The number of para-hydroxylation sites is 1. The smallest absolute Gasteiger partial charge is 0.151 e. The molecule has 1 aromatic carbocycles. The van der Waals surface area contributed by atoms with E-state index in [0.717, 1.165) is 22.0 Å². The number of rotatable bonds is 7. The van der Waals surface area contributed by atoms with Crippen LogP contribution in [0.1, 0.15) is 19.3 Å². The Labute approximate surface area is 121 Å². The lowest BCUT2D eigenvalue weighted by Gasteiger charge is -2.14. The van der Waals surface area contributed by atoms with Crippen LogP contribution >= 0.6 is 23.1 Å². The summed E-state index contributed by atoms with van der Waals surface area (Å²) in [5, 5.41) is 12.8. The van der Waals surface area contributed by atoms with Gasteiger partial charge in [0.15, 0.2) is 4.34 Å². The highest BCUT2D eigenvalue weighted by Gasteiger charge is 2.23. The first-order chi connectivity index (χ1) is 9.35. The number of aromatic nitrogens is 1. The largest absolute Gasteiger partial charge is 0.395 e. The lowest BCUT2D eigenvalue weighted by Crippen LogP contribution is -2.34. The maximum atomic E-state index is 9.33. The minimum absolute atomic E-state index is 0.233. The number of hydrogen-bond acceptors (Lipinski definition) is 5. The lowest BCUT2D eigenvalue weighted by molar-refractivity contribution is 0.239. The summed E-state index contributed by atoms with van der Waals surface area (Å²) in [4.78, 5) is 4.61. The summed E-state index contributed by atoms with van der Waals surface area (Å²) in [6.07, 6.45) is 3.52. The molecule has 5 heteroatoms. The van der Waals surface area contributed by atoms with Crippen LogP contribution in [0, 0.1) is 0 Å². The number of fused-ring (bicyclic) bond motifs is 1. The normalized spacial score (nSPS) is 16.9. The van der Waals surface area contributed by atoms with Gasteiger partial charge in [-0.3, -0.25) is 0 Å². The van der Waals surface area contributed by atoms with Gasteiger partial charge in [-0.2, -0.15) is 0 Å². The molecule has 102 valence electrons. The Kier molecular flexibility index (Phi) is 4.38. The highest BCUT2D eigenvalue weighted by molar-refractivity contribution is 8.01. The SMILES string of the molecule is OCC(CCSc1nc2ccccc2s1)NC1CC1. The average Bonchev–Trinajstić information content (AvgIpc) is 3.14. The first-order valence-electron chi connectivity index (χ1n) is 6.70. The van der Waals surface area contributed by atoms with Gasteiger partial charge in [0.05, 0.1) is 16.8 Å². The van der Waals surface area contributed by atoms with Gasteiger partial charge < -0.3 is 10.4 Å². The molecule has 1 aliphatic carbocycles. The first kappa shape index (κ1) is 13.4. The van der Waals surface area contributed by atoms with Gasteiger partial charge in [0, 0.05) is 17.8 Å². The van der Waals surface area contributed by atoms with E-state index in [4.69, 9.17) is 0 Å². The van der Waals surface area contributed by atoms with Crippen LogP contribution in [0.25, 0.3) is 10.2 Å². The molecule has 1 atom stereocenters. The van der Waals surface area contributed by atoms with E-state index in [1.54, 1.807) is 23.1 Å². The fourth-order valence-electron chi connectivity index (χ4n) is 2.01. The van der Waals surface area contributed by atoms with E-state index in [1.165, 1.54) is 17.5 Å². The highest BCUT2D eigenvalue weighted by atomic mass is 32.2. The number of aliphatic hydroxyl groups excluding tert-OH is 1. The van der Waals surface area contributed by atoms with Crippen molar-refractivity contribution in [3.8, 4) is 0 Å². The van der Waals surface area contributed by atoms with Crippen LogP contribution in [0.3, 0.4) is 0 Å². The average molecular weight is 294 g/mol. The lowest BCUT2D eigenvalue weighted by atomic mass is 10.2. The molecule has 1 fully saturated rings. The minimum atomic E-state index is 0.233. The zero-order valence-corrected chi connectivity index (χ0v) is 12.3. The predicted octanol–water partition coefficient (Wildman–Crippen LogP) is 2.89. The van der Waals surface area contributed by atoms with Gasteiger partial charge in [0.25, 0.3) is 0 Å². The van der Waals surface area contributed by atoms with E-state index in [-0.39, 0.29) is 12.6 Å². The molecular weight excluding hydrogens is 276 g/mol. The molecule has 1 heterocycles. The fraction of sp³-hybridized carbons (Fsp3) is 0.500. The van der Waals surface area contributed by atoms with E-state index in [9.17, 15) is 5.11 Å². The molecule has 0 amide bonds. The van der Waals surface area contributed by atoms with Crippen LogP contribution in [0.2, 0.25) is 0 Å². The van der Waals surface area contributed by atoms with E-state index in [1.807, 2.05) is 6.07 Å². The van der Waals surface area contributed by atoms with Gasteiger partial charge >= 0.3 is 0 Å². The molecular formula is C14H18N2OS2. The van der Waals surface area contributed by atoms with Crippen molar-refractivity contribution in [1.82, 2.24) is 10.3 Å². The Morgan fingerprint density at radius 1 is 1.42 bits per heavy atom. The molecule has 0 saturated heterocycles. The van der Waals surface area contributed by atoms with Crippen molar-refractivity contribution in [2.24, 2.45) is 0 Å². The van der Waals surface area contributed by atoms with E-state index >= 15 is 0 Å². The summed E-state index contributed by atoms with van der Waals surface area (Å²) in [5.74, 6) is 1.00. The van der Waals surface area contributed by atoms with Crippen molar-refractivity contribution in [3.05, 3.63) is 24.3 Å². The first-order valence-corrected chi connectivity index (χ1v) is 8.50. The quantitative estimate of drug-likeness (QED) is 0.771. The number of benzene rings is 1. The zero-order valence-electron chi connectivity index (χ0n) is 10.7. The zero-order chi connectivity index (χ0) is 13.1.